The summed E-state index contributed by atoms with van der Waals surface area (Å²) in [6.45, 7) is 2.03. The molecule has 5 heavy (non-hydrogen) atoms. The molecule has 0 saturated heterocycles. The summed E-state index contributed by atoms with van der Waals surface area (Å²) in [6.07, 6.45) is 2.03. The maximum atomic E-state index is 5.27. The van der Waals surface area contributed by atoms with Gasteiger partial charge in [0, 0.05) is 6.04 Å². The molecule has 1 rings (SSSR count). The summed E-state index contributed by atoms with van der Waals surface area (Å²) >= 11 is 0. The Morgan fingerprint density at radius 2 is 2.20 bits per heavy atom. The van der Waals surface area contributed by atoms with E-state index >= 15 is 0 Å². The van der Waals surface area contributed by atoms with Crippen LogP contribution >= 0.6 is 0 Å². The molecule has 0 fully saturated rings. The maximum Gasteiger partial charge on any atom is 0.0441 e. The van der Waals surface area contributed by atoms with Crippen molar-refractivity contribution in [3.05, 3.63) is 11.6 Å². The molecular weight excluding hydrogens is 62.1 g/mol. The smallest absolute Gasteiger partial charge is 0.0441 e. The second-order valence-electron chi connectivity index (χ2n) is 1.44. The van der Waals surface area contributed by atoms with Crippen LogP contribution in [0.5, 0.6) is 0 Å². The number of hydrogen-bond acceptors (Lipinski definition) is 1. The number of hydrogen-bond donors (Lipinski definition) is 1. The second kappa shape index (κ2) is 0.601. The third-order valence-corrected chi connectivity index (χ3v) is 0.859. The highest BCUT2D eigenvalue weighted by Crippen LogP contribution is 2.13. The topological polar surface area (TPSA) is 26.0 Å². The van der Waals surface area contributed by atoms with Gasteiger partial charge >= 0.3 is 0 Å². The van der Waals surface area contributed by atoms with E-state index in [4.69, 9.17) is 5.73 Å². The summed E-state index contributed by atoms with van der Waals surface area (Å²) in [5.74, 6) is 0. The van der Waals surface area contributed by atoms with Gasteiger partial charge in [-0.3, -0.25) is 0 Å². The van der Waals surface area contributed by atoms with Gasteiger partial charge in [0.1, 0.15) is 0 Å². The largest absolute Gasteiger partial charge is 0.321 e. The summed E-state index contributed by atoms with van der Waals surface area (Å²) in [5.41, 5.74) is 6.60. The standard InChI is InChI=1S/C4H7N/c1-3-2-4(3)5/h2,4H,5H2,1H3/t4-/m1/s1. The van der Waals surface area contributed by atoms with E-state index < -0.39 is 0 Å². The van der Waals surface area contributed by atoms with Crippen LogP contribution in [-0.2, 0) is 0 Å². The maximum absolute atomic E-state index is 5.27. The van der Waals surface area contributed by atoms with Crippen LogP contribution in [0.15, 0.2) is 11.6 Å². The average molecular weight is 69.1 g/mol. The minimum Gasteiger partial charge on any atom is -0.321 e. The van der Waals surface area contributed by atoms with E-state index in [0.717, 1.165) is 0 Å². The Hall–Kier alpha value is -0.300. The zero-order valence-corrected chi connectivity index (χ0v) is 3.23. The van der Waals surface area contributed by atoms with Gasteiger partial charge in [0.05, 0.1) is 0 Å². The van der Waals surface area contributed by atoms with E-state index in [1.807, 2.05) is 13.0 Å². The second-order valence-corrected chi connectivity index (χ2v) is 1.44. The minimum atomic E-state index is 0.343. The minimum absolute atomic E-state index is 0.343. The van der Waals surface area contributed by atoms with Gasteiger partial charge < -0.3 is 5.73 Å². The molecule has 1 nitrogen and oxygen atoms in total. The molecule has 0 heterocycles. The van der Waals surface area contributed by atoms with Gasteiger partial charge in [-0.25, -0.2) is 0 Å². The van der Waals surface area contributed by atoms with Crippen LogP contribution in [0.1, 0.15) is 6.92 Å². The van der Waals surface area contributed by atoms with E-state index in [2.05, 4.69) is 0 Å². The first-order valence-electron chi connectivity index (χ1n) is 1.74. The fourth-order valence-electron chi connectivity index (χ4n) is 0.235. The van der Waals surface area contributed by atoms with Crippen molar-refractivity contribution in [2.45, 2.75) is 13.0 Å². The molecule has 0 spiro atoms. The molecule has 1 atom stereocenters. The summed E-state index contributed by atoms with van der Waals surface area (Å²) in [5, 5.41) is 0. The fraction of sp³-hybridized carbons (Fsp3) is 0.500. The predicted molar refractivity (Wildman–Crippen MR) is 21.7 cm³/mol. The van der Waals surface area contributed by atoms with Crippen LogP contribution in [0, 0.1) is 0 Å². The van der Waals surface area contributed by atoms with E-state index in [1.165, 1.54) is 5.57 Å². The quantitative estimate of drug-likeness (QED) is 0.406. The molecule has 0 bridgehead atoms. The Kier molecular flexibility index (Phi) is 0.350. The fourth-order valence-corrected chi connectivity index (χ4v) is 0.235. The van der Waals surface area contributed by atoms with Crippen molar-refractivity contribution >= 4 is 0 Å². The SMILES string of the molecule is CC1=C[C@H]1N. The Bertz CT molecular complexity index is 73.7. The molecule has 28 valence electrons. The lowest BCUT2D eigenvalue weighted by atomic mass is 10.5. The van der Waals surface area contributed by atoms with Crippen LogP contribution in [0.3, 0.4) is 0 Å². The molecule has 0 aliphatic heterocycles. The highest BCUT2D eigenvalue weighted by molar-refractivity contribution is 5.30. The zero-order valence-electron chi connectivity index (χ0n) is 3.23. The average Bonchev–Trinajstić information content (AvgIpc) is 1.79. The molecule has 0 radical (unpaired) electrons. The Morgan fingerprint density at radius 3 is 2.20 bits per heavy atom. The van der Waals surface area contributed by atoms with E-state index in [9.17, 15) is 0 Å². The molecule has 2 N–H and O–H groups in total. The molecule has 0 aromatic carbocycles. The van der Waals surface area contributed by atoms with Crippen LogP contribution in [0.4, 0.5) is 0 Å². The molecule has 0 aromatic rings. The Labute approximate surface area is 31.5 Å². The molecule has 0 saturated carbocycles. The van der Waals surface area contributed by atoms with Crippen molar-refractivity contribution in [3.63, 3.8) is 0 Å². The molecule has 1 heteroatoms. The summed E-state index contributed by atoms with van der Waals surface area (Å²) in [6, 6.07) is 0.343. The van der Waals surface area contributed by atoms with Gasteiger partial charge in [0.15, 0.2) is 0 Å². The van der Waals surface area contributed by atoms with Gasteiger partial charge in [0.2, 0.25) is 0 Å². The highest BCUT2D eigenvalue weighted by atomic mass is 14.7. The van der Waals surface area contributed by atoms with Crippen LogP contribution in [0.2, 0.25) is 0 Å². The Morgan fingerprint density at radius 1 is 2.00 bits per heavy atom. The van der Waals surface area contributed by atoms with Crippen molar-refractivity contribution < 1.29 is 0 Å². The highest BCUT2D eigenvalue weighted by Gasteiger charge is 2.11. The molecule has 0 amide bonds. The third-order valence-electron chi connectivity index (χ3n) is 0.859. The van der Waals surface area contributed by atoms with Crippen LogP contribution in [0.25, 0.3) is 0 Å². The van der Waals surface area contributed by atoms with Crippen molar-refractivity contribution in [1.29, 1.82) is 0 Å². The normalized spacial score (nSPS) is 33.2. The molecule has 0 unspecified atom stereocenters. The van der Waals surface area contributed by atoms with Gasteiger partial charge in [-0.2, -0.15) is 0 Å². The van der Waals surface area contributed by atoms with Gasteiger partial charge in [-0.05, 0) is 6.92 Å². The summed E-state index contributed by atoms with van der Waals surface area (Å²) in [7, 11) is 0. The molecule has 1 aliphatic carbocycles. The predicted octanol–water partition coefficient (Wildman–Crippen LogP) is 0.274. The van der Waals surface area contributed by atoms with Crippen molar-refractivity contribution in [3.8, 4) is 0 Å². The lowest BCUT2D eigenvalue weighted by molar-refractivity contribution is 1.11. The first-order valence-corrected chi connectivity index (χ1v) is 1.74. The van der Waals surface area contributed by atoms with E-state index in [1.54, 1.807) is 0 Å². The zero-order chi connectivity index (χ0) is 3.86. The van der Waals surface area contributed by atoms with Crippen LogP contribution < -0.4 is 5.73 Å². The molecule has 0 aromatic heterocycles. The molecule has 1 aliphatic rings. The monoisotopic (exact) mass is 69.1 g/mol. The summed E-state index contributed by atoms with van der Waals surface area (Å²) in [4.78, 5) is 0. The van der Waals surface area contributed by atoms with E-state index in [0.29, 0.717) is 6.04 Å². The lowest BCUT2D eigenvalue weighted by Crippen LogP contribution is -2.00. The van der Waals surface area contributed by atoms with Crippen LogP contribution in [-0.4, -0.2) is 6.04 Å². The van der Waals surface area contributed by atoms with E-state index in [-0.39, 0.29) is 0 Å². The summed E-state index contributed by atoms with van der Waals surface area (Å²) < 4.78 is 0. The van der Waals surface area contributed by atoms with Gasteiger partial charge in [0.25, 0.3) is 0 Å². The van der Waals surface area contributed by atoms with Crippen molar-refractivity contribution in [2.24, 2.45) is 5.73 Å². The Balaban J connectivity index is 2.38. The first kappa shape index (κ1) is 2.91. The van der Waals surface area contributed by atoms with Crippen molar-refractivity contribution in [2.75, 3.05) is 0 Å². The third kappa shape index (κ3) is 0.329. The van der Waals surface area contributed by atoms with Gasteiger partial charge in [-0.1, -0.05) is 11.6 Å². The first-order chi connectivity index (χ1) is 2.30. The van der Waals surface area contributed by atoms with Gasteiger partial charge in [-0.15, -0.1) is 0 Å². The number of nitrogens with two attached hydrogens (primary N) is 1. The van der Waals surface area contributed by atoms with Crippen molar-refractivity contribution in [1.82, 2.24) is 0 Å². The lowest BCUT2D eigenvalue weighted by Gasteiger charge is -1.71. The molecular formula is C4H7N. The number of rotatable bonds is 0.